The number of hydrogen-bond donors (Lipinski definition) is 1. The van der Waals surface area contributed by atoms with Crippen molar-refractivity contribution in [2.24, 2.45) is 0 Å². The van der Waals surface area contributed by atoms with Crippen molar-refractivity contribution >= 4 is 0 Å². The van der Waals surface area contributed by atoms with Crippen molar-refractivity contribution in [3.63, 3.8) is 0 Å². The maximum Gasteiger partial charge on any atom is 0.227 e. The van der Waals surface area contributed by atoms with Crippen molar-refractivity contribution in [1.82, 2.24) is 15.5 Å². The van der Waals surface area contributed by atoms with Gasteiger partial charge in [0.25, 0.3) is 0 Å². The Morgan fingerprint density at radius 3 is 2.88 bits per heavy atom. The van der Waals surface area contributed by atoms with Crippen LogP contribution in [-0.4, -0.2) is 50.7 Å². The van der Waals surface area contributed by atoms with Crippen molar-refractivity contribution in [3.05, 3.63) is 11.7 Å². The minimum absolute atomic E-state index is 0.592. The highest BCUT2D eigenvalue weighted by atomic mass is 16.5. The fourth-order valence-electron chi connectivity index (χ4n) is 1.13. The molecule has 1 N–H and O–H groups in total. The summed E-state index contributed by atoms with van der Waals surface area (Å²) < 4.78 is 15.2. The molecule has 0 radical (unpaired) electrons. The average molecular weight is 229 g/mol. The Hall–Kier alpha value is -0.980. The average Bonchev–Trinajstić information content (AvgIpc) is 2.74. The number of hydrogen-bond acceptors (Lipinski definition) is 6. The highest BCUT2D eigenvalue weighted by Crippen LogP contribution is 1.98. The Kier molecular flexibility index (Phi) is 6.71. The van der Waals surface area contributed by atoms with Crippen LogP contribution >= 0.6 is 0 Å². The number of aromatic nitrogens is 2. The summed E-state index contributed by atoms with van der Waals surface area (Å²) in [6.07, 6.45) is 1.43. The molecule has 1 aromatic rings. The maximum absolute atomic E-state index is 5.31. The first-order chi connectivity index (χ1) is 7.86. The highest BCUT2D eigenvalue weighted by molar-refractivity contribution is 4.86. The van der Waals surface area contributed by atoms with E-state index in [2.05, 4.69) is 15.5 Å². The molecule has 6 nitrogen and oxygen atoms in total. The Bertz CT molecular complexity index is 278. The van der Waals surface area contributed by atoms with Crippen LogP contribution in [0.2, 0.25) is 0 Å². The van der Waals surface area contributed by atoms with Gasteiger partial charge in [-0.05, 0) is 7.05 Å². The summed E-state index contributed by atoms with van der Waals surface area (Å²) in [5.74, 6) is 1.37. The predicted octanol–water partition coefficient (Wildman–Crippen LogP) is 0.0370. The van der Waals surface area contributed by atoms with E-state index in [0.29, 0.717) is 38.0 Å². The Morgan fingerprint density at radius 1 is 1.25 bits per heavy atom. The van der Waals surface area contributed by atoms with Crippen LogP contribution in [0.1, 0.15) is 11.7 Å². The van der Waals surface area contributed by atoms with Crippen LogP contribution in [0, 0.1) is 0 Å². The quantitative estimate of drug-likeness (QED) is 0.603. The third kappa shape index (κ3) is 5.20. The van der Waals surface area contributed by atoms with E-state index in [1.165, 1.54) is 0 Å². The lowest BCUT2D eigenvalue weighted by Gasteiger charge is -1.99. The zero-order valence-electron chi connectivity index (χ0n) is 9.86. The standard InChI is InChI=1S/C10H19N3O3/c1-11-5-3-10-12-9(13-16-10)4-6-15-8-7-14-2/h11H,3-8H2,1-2H3. The zero-order valence-corrected chi connectivity index (χ0v) is 9.86. The predicted molar refractivity (Wildman–Crippen MR) is 58.3 cm³/mol. The van der Waals surface area contributed by atoms with Crippen LogP contribution in [0.4, 0.5) is 0 Å². The van der Waals surface area contributed by atoms with E-state index in [9.17, 15) is 0 Å². The number of nitrogens with zero attached hydrogens (tertiary/aromatic N) is 2. The smallest absolute Gasteiger partial charge is 0.227 e. The second-order valence-corrected chi connectivity index (χ2v) is 3.31. The summed E-state index contributed by atoms with van der Waals surface area (Å²) in [5.41, 5.74) is 0. The second kappa shape index (κ2) is 8.20. The molecule has 0 saturated carbocycles. The fourth-order valence-corrected chi connectivity index (χ4v) is 1.13. The van der Waals surface area contributed by atoms with Crippen LogP contribution in [0.25, 0.3) is 0 Å². The Labute approximate surface area is 95.3 Å². The summed E-state index contributed by atoms with van der Waals surface area (Å²) in [5, 5.41) is 6.89. The van der Waals surface area contributed by atoms with Gasteiger partial charge in [-0.25, -0.2) is 0 Å². The number of nitrogens with one attached hydrogen (secondary N) is 1. The first-order valence-corrected chi connectivity index (χ1v) is 5.39. The van der Waals surface area contributed by atoms with Gasteiger partial charge in [-0.1, -0.05) is 5.16 Å². The van der Waals surface area contributed by atoms with Crippen LogP contribution in [0.3, 0.4) is 0 Å². The molecule has 0 atom stereocenters. The van der Waals surface area contributed by atoms with Gasteiger partial charge in [0.15, 0.2) is 5.82 Å². The first-order valence-electron chi connectivity index (χ1n) is 5.39. The largest absolute Gasteiger partial charge is 0.382 e. The van der Waals surface area contributed by atoms with Gasteiger partial charge in [-0.15, -0.1) is 0 Å². The van der Waals surface area contributed by atoms with Gasteiger partial charge in [0, 0.05) is 26.5 Å². The van der Waals surface area contributed by atoms with Gasteiger partial charge in [0.1, 0.15) is 0 Å². The SMILES string of the molecule is CNCCc1nc(CCOCCOC)no1. The minimum atomic E-state index is 0.592. The molecule has 92 valence electrons. The molecular formula is C10H19N3O3. The highest BCUT2D eigenvalue weighted by Gasteiger charge is 2.05. The van der Waals surface area contributed by atoms with E-state index in [-0.39, 0.29) is 0 Å². The summed E-state index contributed by atoms with van der Waals surface area (Å²) in [6, 6.07) is 0. The molecule has 1 aromatic heterocycles. The van der Waals surface area contributed by atoms with Gasteiger partial charge in [-0.3, -0.25) is 0 Å². The number of rotatable bonds is 9. The third-order valence-corrected chi connectivity index (χ3v) is 2.00. The second-order valence-electron chi connectivity index (χ2n) is 3.31. The minimum Gasteiger partial charge on any atom is -0.382 e. The van der Waals surface area contributed by atoms with Crippen molar-refractivity contribution in [2.45, 2.75) is 12.8 Å². The number of ether oxygens (including phenoxy) is 2. The van der Waals surface area contributed by atoms with Crippen LogP contribution in [0.15, 0.2) is 4.52 Å². The topological polar surface area (TPSA) is 69.4 Å². The molecule has 16 heavy (non-hydrogen) atoms. The lowest BCUT2D eigenvalue weighted by Crippen LogP contribution is -2.10. The maximum atomic E-state index is 5.31. The van der Waals surface area contributed by atoms with Crippen molar-refractivity contribution < 1.29 is 14.0 Å². The summed E-state index contributed by atoms with van der Waals surface area (Å²) in [4.78, 5) is 4.24. The van der Waals surface area contributed by atoms with Gasteiger partial charge < -0.3 is 19.3 Å². The van der Waals surface area contributed by atoms with Crippen molar-refractivity contribution in [3.8, 4) is 0 Å². The molecule has 0 saturated heterocycles. The van der Waals surface area contributed by atoms with Gasteiger partial charge in [0.05, 0.1) is 19.8 Å². The molecule has 1 heterocycles. The molecule has 0 fully saturated rings. The number of likely N-dealkylation sites (N-methyl/N-ethyl adjacent to an activating group) is 1. The van der Waals surface area contributed by atoms with E-state index in [4.69, 9.17) is 14.0 Å². The molecule has 0 unspecified atom stereocenters. The molecular weight excluding hydrogens is 210 g/mol. The fraction of sp³-hybridized carbons (Fsp3) is 0.800. The molecule has 0 aliphatic carbocycles. The van der Waals surface area contributed by atoms with E-state index < -0.39 is 0 Å². The molecule has 0 aromatic carbocycles. The molecule has 0 amide bonds. The van der Waals surface area contributed by atoms with Gasteiger partial charge >= 0.3 is 0 Å². The van der Waals surface area contributed by atoms with Gasteiger partial charge in [-0.2, -0.15) is 4.98 Å². The molecule has 6 heteroatoms. The van der Waals surface area contributed by atoms with Gasteiger partial charge in [0.2, 0.25) is 5.89 Å². The van der Waals surface area contributed by atoms with Crippen LogP contribution in [-0.2, 0) is 22.3 Å². The molecule has 0 spiro atoms. The number of methoxy groups -OCH3 is 1. The summed E-state index contributed by atoms with van der Waals surface area (Å²) in [6.45, 7) is 2.64. The van der Waals surface area contributed by atoms with E-state index in [0.717, 1.165) is 13.0 Å². The normalized spacial score (nSPS) is 10.9. The molecule has 0 bridgehead atoms. The van der Waals surface area contributed by atoms with Crippen LogP contribution < -0.4 is 5.32 Å². The molecule has 0 aliphatic rings. The molecule has 1 rings (SSSR count). The third-order valence-electron chi connectivity index (χ3n) is 2.00. The summed E-state index contributed by atoms with van der Waals surface area (Å²) >= 11 is 0. The van der Waals surface area contributed by atoms with E-state index in [1.54, 1.807) is 7.11 Å². The lowest BCUT2D eigenvalue weighted by atomic mass is 10.4. The van der Waals surface area contributed by atoms with E-state index >= 15 is 0 Å². The molecule has 0 aliphatic heterocycles. The zero-order chi connectivity index (χ0) is 11.6. The van der Waals surface area contributed by atoms with Crippen molar-refractivity contribution in [2.75, 3.05) is 40.5 Å². The monoisotopic (exact) mass is 229 g/mol. The van der Waals surface area contributed by atoms with Crippen molar-refractivity contribution in [1.29, 1.82) is 0 Å². The lowest BCUT2D eigenvalue weighted by molar-refractivity contribution is 0.0714. The van der Waals surface area contributed by atoms with Crippen LogP contribution in [0.5, 0.6) is 0 Å². The Balaban J connectivity index is 2.14. The van der Waals surface area contributed by atoms with E-state index in [1.807, 2.05) is 7.05 Å². The Morgan fingerprint density at radius 2 is 2.12 bits per heavy atom. The summed E-state index contributed by atoms with van der Waals surface area (Å²) in [7, 11) is 3.54. The first kappa shape index (κ1) is 13.1.